The predicted molar refractivity (Wildman–Crippen MR) is 115 cm³/mol. The van der Waals surface area contributed by atoms with Crippen molar-refractivity contribution in [2.75, 3.05) is 19.5 Å². The normalized spacial score (nSPS) is 10.8. The summed E-state index contributed by atoms with van der Waals surface area (Å²) in [4.78, 5) is 17.7. The molecule has 8 heteroatoms. The molecule has 142 valence electrons. The Hall–Kier alpha value is -2.61. The quantitative estimate of drug-likeness (QED) is 0.425. The van der Waals surface area contributed by atoms with Crippen LogP contribution in [-0.2, 0) is 0 Å². The summed E-state index contributed by atoms with van der Waals surface area (Å²) in [6.45, 7) is 0. The number of nitrogens with one attached hydrogen (secondary N) is 1. The molecule has 0 saturated carbocycles. The van der Waals surface area contributed by atoms with Gasteiger partial charge in [0.15, 0.2) is 5.13 Å². The van der Waals surface area contributed by atoms with Crippen LogP contribution < -0.4 is 14.8 Å². The number of hydrogen-bond donors (Lipinski definition) is 1. The Kier molecular flexibility index (Phi) is 5.21. The van der Waals surface area contributed by atoms with E-state index in [0.717, 1.165) is 15.6 Å². The van der Waals surface area contributed by atoms with Gasteiger partial charge in [-0.05, 0) is 24.3 Å². The maximum absolute atomic E-state index is 12.7. The number of fused-ring (bicyclic) bond motifs is 1. The van der Waals surface area contributed by atoms with Crippen LogP contribution in [0.4, 0.5) is 5.13 Å². The molecular formula is C20H15ClN2O3S2. The molecule has 1 N–H and O–H groups in total. The van der Waals surface area contributed by atoms with Crippen LogP contribution >= 0.6 is 34.3 Å². The fourth-order valence-electron chi connectivity index (χ4n) is 2.78. The number of carbonyl (C=O) groups excluding carboxylic acids is 1. The lowest BCUT2D eigenvalue weighted by atomic mass is 10.1. The van der Waals surface area contributed by atoms with Gasteiger partial charge in [0, 0.05) is 21.0 Å². The minimum absolute atomic E-state index is 0.273. The molecule has 0 fully saturated rings. The Labute approximate surface area is 174 Å². The zero-order valence-corrected chi connectivity index (χ0v) is 17.4. The molecule has 0 bridgehead atoms. The maximum atomic E-state index is 12.7. The largest absolute Gasteiger partial charge is 0.497 e. The first-order valence-corrected chi connectivity index (χ1v) is 10.3. The second-order valence-corrected chi connectivity index (χ2v) is 8.09. The molecule has 0 radical (unpaired) electrons. The van der Waals surface area contributed by atoms with Crippen molar-refractivity contribution in [3.63, 3.8) is 0 Å². The van der Waals surface area contributed by atoms with E-state index in [4.69, 9.17) is 21.1 Å². The number of halogens is 1. The third-order valence-corrected chi connectivity index (χ3v) is 6.58. The van der Waals surface area contributed by atoms with E-state index < -0.39 is 0 Å². The van der Waals surface area contributed by atoms with Gasteiger partial charge in [0.2, 0.25) is 0 Å². The van der Waals surface area contributed by atoms with Gasteiger partial charge in [0.1, 0.15) is 16.4 Å². The molecule has 0 aliphatic heterocycles. The summed E-state index contributed by atoms with van der Waals surface area (Å²) in [5.74, 6) is 1.10. The highest BCUT2D eigenvalue weighted by Crippen LogP contribution is 2.37. The lowest BCUT2D eigenvalue weighted by molar-refractivity contribution is 0.103. The number of anilines is 1. The molecule has 5 nitrogen and oxygen atoms in total. The van der Waals surface area contributed by atoms with Crippen LogP contribution in [-0.4, -0.2) is 25.1 Å². The van der Waals surface area contributed by atoms with E-state index in [2.05, 4.69) is 10.3 Å². The molecule has 0 saturated heterocycles. The molecule has 2 aromatic heterocycles. The highest BCUT2D eigenvalue weighted by Gasteiger charge is 2.19. The summed E-state index contributed by atoms with van der Waals surface area (Å²) >= 11 is 9.09. The standard InChI is InChI=1S/C20H15ClN2O3S2/c1-25-11-7-8-15(26-2)13(9-11)14-10-27-20(22-14)23-19(24)18-17(21)12-5-3-4-6-16(12)28-18/h3-10H,1-2H3,(H,22,23,24). The van der Waals surface area contributed by atoms with E-state index in [1.165, 1.54) is 22.7 Å². The van der Waals surface area contributed by atoms with Crippen LogP contribution in [0.3, 0.4) is 0 Å². The lowest BCUT2D eigenvalue weighted by Crippen LogP contribution is -2.10. The Balaban J connectivity index is 1.61. The van der Waals surface area contributed by atoms with Crippen molar-refractivity contribution < 1.29 is 14.3 Å². The number of thiophene rings is 1. The fourth-order valence-corrected chi connectivity index (χ4v) is 4.90. The van der Waals surface area contributed by atoms with E-state index in [9.17, 15) is 4.79 Å². The molecule has 0 atom stereocenters. The first-order chi connectivity index (χ1) is 13.6. The SMILES string of the molecule is COc1ccc(OC)c(-c2csc(NC(=O)c3sc4ccccc4c3Cl)n2)c1. The number of benzene rings is 2. The molecule has 0 unspecified atom stereocenters. The van der Waals surface area contributed by atoms with Gasteiger partial charge < -0.3 is 9.47 Å². The minimum Gasteiger partial charge on any atom is -0.497 e. The van der Waals surface area contributed by atoms with Crippen molar-refractivity contribution in [2.24, 2.45) is 0 Å². The third-order valence-electron chi connectivity index (χ3n) is 4.15. The van der Waals surface area contributed by atoms with Gasteiger partial charge in [-0.25, -0.2) is 4.98 Å². The Morgan fingerprint density at radius 3 is 2.71 bits per heavy atom. The smallest absolute Gasteiger partial charge is 0.269 e. The van der Waals surface area contributed by atoms with Crippen LogP contribution in [0.5, 0.6) is 11.5 Å². The Morgan fingerprint density at radius 2 is 1.96 bits per heavy atom. The molecule has 2 heterocycles. The van der Waals surface area contributed by atoms with Gasteiger partial charge in [0.25, 0.3) is 5.91 Å². The van der Waals surface area contributed by atoms with Crippen molar-refractivity contribution in [3.05, 3.63) is 57.7 Å². The molecule has 0 aliphatic carbocycles. The third kappa shape index (κ3) is 3.44. The van der Waals surface area contributed by atoms with Crippen molar-refractivity contribution >= 4 is 55.4 Å². The number of thiazole rings is 1. The van der Waals surface area contributed by atoms with Crippen molar-refractivity contribution in [3.8, 4) is 22.8 Å². The van der Waals surface area contributed by atoms with Gasteiger partial charge in [-0.1, -0.05) is 29.8 Å². The van der Waals surface area contributed by atoms with E-state index in [0.29, 0.717) is 32.2 Å². The second-order valence-electron chi connectivity index (χ2n) is 5.80. The van der Waals surface area contributed by atoms with Crippen molar-refractivity contribution in [2.45, 2.75) is 0 Å². The molecular weight excluding hydrogens is 416 g/mol. The zero-order chi connectivity index (χ0) is 19.7. The highest BCUT2D eigenvalue weighted by atomic mass is 35.5. The predicted octanol–water partition coefficient (Wildman–Crippen LogP) is 5.95. The summed E-state index contributed by atoms with van der Waals surface area (Å²) < 4.78 is 11.7. The number of ether oxygens (including phenoxy) is 2. The van der Waals surface area contributed by atoms with Gasteiger partial charge in [-0.2, -0.15) is 0 Å². The van der Waals surface area contributed by atoms with Crippen LogP contribution in [0.25, 0.3) is 21.3 Å². The van der Waals surface area contributed by atoms with Crippen LogP contribution in [0.2, 0.25) is 5.02 Å². The lowest BCUT2D eigenvalue weighted by Gasteiger charge is -2.08. The molecule has 0 aliphatic rings. The van der Waals surface area contributed by atoms with Crippen LogP contribution in [0, 0.1) is 0 Å². The minimum atomic E-state index is -0.273. The number of rotatable bonds is 5. The van der Waals surface area contributed by atoms with E-state index in [1.54, 1.807) is 14.2 Å². The summed E-state index contributed by atoms with van der Waals surface area (Å²) in [5.41, 5.74) is 1.48. The molecule has 2 aromatic carbocycles. The second kappa shape index (κ2) is 7.79. The topological polar surface area (TPSA) is 60.5 Å². The molecule has 0 spiro atoms. The number of aromatic nitrogens is 1. The molecule has 4 rings (SSSR count). The van der Waals surface area contributed by atoms with Crippen molar-refractivity contribution in [1.82, 2.24) is 4.98 Å². The van der Waals surface area contributed by atoms with E-state index in [1.807, 2.05) is 47.8 Å². The summed E-state index contributed by atoms with van der Waals surface area (Å²) in [7, 11) is 3.21. The maximum Gasteiger partial charge on any atom is 0.269 e. The van der Waals surface area contributed by atoms with Gasteiger partial charge in [-0.15, -0.1) is 22.7 Å². The van der Waals surface area contributed by atoms with Gasteiger partial charge in [0.05, 0.1) is 24.9 Å². The van der Waals surface area contributed by atoms with Crippen molar-refractivity contribution in [1.29, 1.82) is 0 Å². The number of amides is 1. The zero-order valence-electron chi connectivity index (χ0n) is 15.0. The van der Waals surface area contributed by atoms with Crippen LogP contribution in [0.1, 0.15) is 9.67 Å². The fraction of sp³-hybridized carbons (Fsp3) is 0.100. The van der Waals surface area contributed by atoms with Gasteiger partial charge >= 0.3 is 0 Å². The molecule has 4 aromatic rings. The van der Waals surface area contributed by atoms with E-state index in [-0.39, 0.29) is 5.91 Å². The Morgan fingerprint density at radius 1 is 1.14 bits per heavy atom. The van der Waals surface area contributed by atoms with E-state index >= 15 is 0 Å². The number of nitrogens with zero attached hydrogens (tertiary/aromatic N) is 1. The molecule has 1 amide bonds. The summed E-state index contributed by atoms with van der Waals surface area (Å²) in [6.07, 6.45) is 0. The first kappa shape index (κ1) is 18.7. The number of hydrogen-bond acceptors (Lipinski definition) is 6. The number of carbonyl (C=O) groups is 1. The van der Waals surface area contributed by atoms with Gasteiger partial charge in [-0.3, -0.25) is 10.1 Å². The average Bonchev–Trinajstić information content (AvgIpc) is 3.32. The molecule has 28 heavy (non-hydrogen) atoms. The monoisotopic (exact) mass is 430 g/mol. The van der Waals surface area contributed by atoms with Crippen LogP contribution in [0.15, 0.2) is 47.8 Å². The number of methoxy groups -OCH3 is 2. The summed E-state index contributed by atoms with van der Waals surface area (Å²) in [6, 6.07) is 13.2. The Bertz CT molecular complexity index is 1170. The first-order valence-electron chi connectivity index (χ1n) is 8.27. The highest BCUT2D eigenvalue weighted by molar-refractivity contribution is 7.21. The average molecular weight is 431 g/mol. The summed E-state index contributed by atoms with van der Waals surface area (Å²) in [5, 5.41) is 6.52.